The van der Waals surface area contributed by atoms with E-state index in [0.29, 0.717) is 17.7 Å². The number of fused-ring (bicyclic) bond motifs is 1. The van der Waals surface area contributed by atoms with Gasteiger partial charge in [0.05, 0.1) is 13.2 Å². The topological polar surface area (TPSA) is 140 Å². The molecule has 178 valence electrons. The fourth-order valence-electron chi connectivity index (χ4n) is 3.98. The van der Waals surface area contributed by atoms with Gasteiger partial charge in [-0.2, -0.15) is 0 Å². The summed E-state index contributed by atoms with van der Waals surface area (Å²) >= 11 is 1.68. The van der Waals surface area contributed by atoms with Crippen molar-refractivity contribution in [3.63, 3.8) is 0 Å². The van der Waals surface area contributed by atoms with E-state index < -0.39 is 49.8 Å². The Morgan fingerprint density at radius 1 is 0.970 bits per heavy atom. The van der Waals surface area contributed by atoms with Crippen LogP contribution < -0.4 is 4.74 Å². The van der Waals surface area contributed by atoms with Gasteiger partial charge in [0.1, 0.15) is 49.0 Å². The average Bonchev–Trinajstić information content (AvgIpc) is 3.24. The molecule has 0 bridgehead atoms. The Morgan fingerprint density at radius 3 is 2.48 bits per heavy atom. The van der Waals surface area contributed by atoms with Crippen molar-refractivity contribution >= 4 is 21.4 Å². The molecule has 4 rings (SSSR count). The molecule has 0 unspecified atom stereocenters. The van der Waals surface area contributed by atoms with Crippen LogP contribution >= 0.6 is 11.3 Å². The first-order valence-electron chi connectivity index (χ1n) is 10.7. The monoisotopic (exact) mass is 476 g/mol. The van der Waals surface area contributed by atoms with Crippen molar-refractivity contribution in [1.82, 2.24) is 0 Å². The Bertz CT molecular complexity index is 1030. The average molecular weight is 477 g/mol. The van der Waals surface area contributed by atoms with Crippen LogP contribution in [0.2, 0.25) is 0 Å². The van der Waals surface area contributed by atoms with E-state index in [2.05, 4.69) is 18.2 Å². The van der Waals surface area contributed by atoms with E-state index in [4.69, 9.17) is 14.6 Å². The molecule has 9 heteroatoms. The molecule has 33 heavy (non-hydrogen) atoms. The first kappa shape index (κ1) is 24.1. The summed E-state index contributed by atoms with van der Waals surface area (Å²) in [5.41, 5.74) is 1.32. The van der Waals surface area contributed by atoms with Crippen molar-refractivity contribution < 1.29 is 40.1 Å². The van der Waals surface area contributed by atoms with Crippen LogP contribution in [-0.4, -0.2) is 81.0 Å². The molecule has 6 atom stereocenters. The van der Waals surface area contributed by atoms with Gasteiger partial charge in [-0.3, -0.25) is 0 Å². The fourth-order valence-corrected chi connectivity index (χ4v) is 5.08. The Balaban J connectivity index is 1.66. The second-order valence-corrected chi connectivity index (χ2v) is 9.36. The quantitative estimate of drug-likeness (QED) is 0.280. The van der Waals surface area contributed by atoms with Crippen LogP contribution in [0.1, 0.15) is 22.1 Å². The minimum absolute atomic E-state index is 0.184. The van der Waals surface area contributed by atoms with E-state index in [1.54, 1.807) is 23.5 Å². The van der Waals surface area contributed by atoms with E-state index in [1.165, 1.54) is 4.70 Å². The molecule has 0 spiro atoms. The number of ether oxygens (including phenoxy) is 2. The summed E-state index contributed by atoms with van der Waals surface area (Å²) in [6.07, 6.45) is -7.08. The van der Waals surface area contributed by atoms with E-state index in [-0.39, 0.29) is 6.61 Å². The molecule has 8 nitrogen and oxygen atoms in total. The van der Waals surface area contributed by atoms with Crippen molar-refractivity contribution in [2.24, 2.45) is 0 Å². The molecule has 1 aliphatic rings. The third-order valence-corrected chi connectivity index (χ3v) is 6.89. The molecule has 0 aliphatic carbocycles. The van der Waals surface area contributed by atoms with Gasteiger partial charge in [0.2, 0.25) is 0 Å². The molecule has 0 saturated carbocycles. The minimum Gasteiger partial charge on any atom is -0.490 e. The summed E-state index contributed by atoms with van der Waals surface area (Å²) in [5.74, 6) is 0.298. The zero-order valence-electron chi connectivity index (χ0n) is 17.8. The number of hydrogen-bond donors (Lipinski definition) is 6. The van der Waals surface area contributed by atoms with E-state index in [1.807, 2.05) is 18.2 Å². The van der Waals surface area contributed by atoms with E-state index in [9.17, 15) is 25.5 Å². The van der Waals surface area contributed by atoms with Gasteiger partial charge in [-0.15, -0.1) is 11.3 Å². The van der Waals surface area contributed by atoms with Crippen LogP contribution in [0.15, 0.2) is 48.5 Å². The molecular formula is C24H28O8S. The van der Waals surface area contributed by atoms with Crippen molar-refractivity contribution in [2.45, 2.75) is 43.0 Å². The second-order valence-electron chi connectivity index (χ2n) is 8.20. The minimum atomic E-state index is -1.52. The molecule has 1 aliphatic heterocycles. The Morgan fingerprint density at radius 2 is 1.76 bits per heavy atom. The first-order valence-corrected chi connectivity index (χ1v) is 11.6. The molecule has 1 aromatic heterocycles. The highest BCUT2D eigenvalue weighted by Crippen LogP contribution is 2.38. The van der Waals surface area contributed by atoms with Crippen molar-refractivity contribution in [3.8, 4) is 5.75 Å². The normalized spacial score (nSPS) is 26.4. The number of thiophene rings is 1. The molecule has 1 saturated heterocycles. The van der Waals surface area contributed by atoms with Crippen LogP contribution in [0, 0.1) is 0 Å². The SMILES string of the molecule is OC[C@H](O)COc1ccc(Cc2cc3ccccc3s2)cc1[C@@H]1O[C@H](CO)[C@@H](O)[C@H](O)[C@H]1O. The summed E-state index contributed by atoms with van der Waals surface area (Å²) in [7, 11) is 0. The van der Waals surface area contributed by atoms with Gasteiger partial charge in [0.25, 0.3) is 0 Å². The zero-order valence-corrected chi connectivity index (χ0v) is 18.6. The van der Waals surface area contributed by atoms with Crippen molar-refractivity contribution in [2.75, 3.05) is 19.8 Å². The summed E-state index contributed by atoms with van der Waals surface area (Å²) in [4.78, 5) is 1.14. The molecule has 3 aromatic rings. The van der Waals surface area contributed by atoms with Crippen LogP contribution in [0.3, 0.4) is 0 Å². The van der Waals surface area contributed by atoms with Crippen molar-refractivity contribution in [1.29, 1.82) is 0 Å². The lowest BCUT2D eigenvalue weighted by molar-refractivity contribution is -0.232. The Hall–Kier alpha value is -2.08. The highest BCUT2D eigenvalue weighted by Gasteiger charge is 2.44. The number of rotatable bonds is 8. The smallest absolute Gasteiger partial charge is 0.125 e. The molecular weight excluding hydrogens is 448 g/mol. The Labute approximate surface area is 194 Å². The van der Waals surface area contributed by atoms with Crippen LogP contribution in [0.4, 0.5) is 0 Å². The predicted molar refractivity (Wildman–Crippen MR) is 122 cm³/mol. The highest BCUT2D eigenvalue weighted by molar-refractivity contribution is 7.19. The van der Waals surface area contributed by atoms with Gasteiger partial charge in [0.15, 0.2) is 0 Å². The summed E-state index contributed by atoms with van der Waals surface area (Å²) in [6, 6.07) is 15.6. The van der Waals surface area contributed by atoms with Crippen LogP contribution in [0.5, 0.6) is 5.75 Å². The largest absolute Gasteiger partial charge is 0.490 e. The number of aliphatic hydroxyl groups is 6. The van der Waals surface area contributed by atoms with Gasteiger partial charge in [0, 0.05) is 21.6 Å². The zero-order chi connectivity index (χ0) is 23.5. The Kier molecular flexibility index (Phi) is 7.62. The standard InChI is InChI=1S/C24H28O8S/c25-10-15(27)12-31-18-6-5-13(7-16-9-14-3-1-2-4-20(14)33-16)8-17(18)24-23(30)22(29)21(28)19(11-26)32-24/h1-6,8-9,15,19,21-30H,7,10-12H2/t15-,19+,21+,22-,23+,24-/m0/s1. The maximum atomic E-state index is 10.6. The van der Waals surface area contributed by atoms with E-state index >= 15 is 0 Å². The summed E-state index contributed by atoms with van der Waals surface area (Å²) < 4.78 is 12.6. The number of hydrogen-bond acceptors (Lipinski definition) is 9. The van der Waals surface area contributed by atoms with Gasteiger partial charge >= 0.3 is 0 Å². The third kappa shape index (κ3) is 5.21. The summed E-state index contributed by atoms with van der Waals surface area (Å²) in [5, 5.41) is 60.5. The predicted octanol–water partition coefficient (Wildman–Crippen LogP) is 0.739. The van der Waals surface area contributed by atoms with Gasteiger partial charge in [-0.05, 0) is 35.2 Å². The second kappa shape index (κ2) is 10.5. The van der Waals surface area contributed by atoms with Crippen molar-refractivity contribution in [3.05, 3.63) is 64.5 Å². The maximum absolute atomic E-state index is 10.6. The lowest BCUT2D eigenvalue weighted by Crippen LogP contribution is -2.55. The molecule has 2 heterocycles. The van der Waals surface area contributed by atoms with E-state index in [0.717, 1.165) is 15.8 Å². The lowest BCUT2D eigenvalue weighted by atomic mass is 9.90. The van der Waals surface area contributed by atoms with Crippen LogP contribution in [-0.2, 0) is 11.2 Å². The highest BCUT2D eigenvalue weighted by atomic mass is 32.1. The van der Waals surface area contributed by atoms with Crippen LogP contribution in [0.25, 0.3) is 10.1 Å². The van der Waals surface area contributed by atoms with Gasteiger partial charge in [-0.25, -0.2) is 0 Å². The molecule has 6 N–H and O–H groups in total. The summed E-state index contributed by atoms with van der Waals surface area (Å²) in [6.45, 7) is -1.20. The molecule has 0 amide bonds. The van der Waals surface area contributed by atoms with Gasteiger partial charge < -0.3 is 40.1 Å². The molecule has 2 aromatic carbocycles. The number of aliphatic hydroxyl groups excluding tert-OH is 6. The lowest BCUT2D eigenvalue weighted by Gasteiger charge is -2.40. The molecule has 1 fully saturated rings. The fraction of sp³-hybridized carbons (Fsp3) is 0.417. The number of benzene rings is 2. The maximum Gasteiger partial charge on any atom is 0.125 e. The molecule has 0 radical (unpaired) electrons. The van der Waals surface area contributed by atoms with Gasteiger partial charge in [-0.1, -0.05) is 24.3 Å². The third-order valence-electron chi connectivity index (χ3n) is 5.77. The first-order chi connectivity index (χ1) is 15.9.